The van der Waals surface area contributed by atoms with E-state index in [-0.39, 0.29) is 5.91 Å². The first-order valence-corrected chi connectivity index (χ1v) is 5.91. The molecule has 0 saturated carbocycles. The van der Waals surface area contributed by atoms with E-state index in [0.717, 1.165) is 16.8 Å². The Morgan fingerprint density at radius 3 is 2.37 bits per heavy atom. The van der Waals surface area contributed by atoms with Gasteiger partial charge in [-0.3, -0.25) is 4.79 Å². The summed E-state index contributed by atoms with van der Waals surface area (Å²) >= 11 is 0. The number of benzene rings is 1. The fourth-order valence-corrected chi connectivity index (χ4v) is 1.86. The highest BCUT2D eigenvalue weighted by Crippen LogP contribution is 2.15. The molecule has 1 amide bonds. The van der Waals surface area contributed by atoms with Crippen molar-refractivity contribution in [3.8, 4) is 0 Å². The molecule has 2 rings (SSSR count). The molecule has 0 saturated heterocycles. The van der Waals surface area contributed by atoms with E-state index in [2.05, 4.69) is 21.8 Å². The minimum Gasteiger partial charge on any atom is -0.322 e. The summed E-state index contributed by atoms with van der Waals surface area (Å²) in [5.74, 6) is 5.54. The van der Waals surface area contributed by atoms with Crippen molar-refractivity contribution in [2.75, 3.05) is 10.7 Å². The highest BCUT2D eigenvalue weighted by atomic mass is 16.1. The van der Waals surface area contributed by atoms with Crippen LogP contribution >= 0.6 is 0 Å². The van der Waals surface area contributed by atoms with Gasteiger partial charge in [-0.1, -0.05) is 6.07 Å². The van der Waals surface area contributed by atoms with Gasteiger partial charge < -0.3 is 10.7 Å². The average molecular weight is 256 g/mol. The summed E-state index contributed by atoms with van der Waals surface area (Å²) in [4.78, 5) is 16.0. The molecule has 1 heterocycles. The highest BCUT2D eigenvalue weighted by Gasteiger charge is 2.07. The Hall–Kier alpha value is -2.40. The molecule has 19 heavy (non-hydrogen) atoms. The topological polar surface area (TPSA) is 80.0 Å². The van der Waals surface area contributed by atoms with Crippen molar-refractivity contribution in [3.05, 3.63) is 53.2 Å². The number of aromatic nitrogens is 1. The van der Waals surface area contributed by atoms with Crippen molar-refractivity contribution in [3.63, 3.8) is 0 Å². The van der Waals surface area contributed by atoms with Gasteiger partial charge in [0.2, 0.25) is 0 Å². The van der Waals surface area contributed by atoms with Crippen LogP contribution in [-0.2, 0) is 0 Å². The molecule has 5 nitrogen and oxygen atoms in total. The molecule has 0 aliphatic rings. The number of carbonyl (C=O) groups excluding carboxylic acids is 1. The molecule has 98 valence electrons. The molecule has 0 unspecified atom stereocenters. The fraction of sp³-hybridized carbons (Fsp3) is 0.143. The zero-order chi connectivity index (χ0) is 13.8. The minimum absolute atomic E-state index is 0.193. The van der Waals surface area contributed by atoms with Crippen LogP contribution in [0.1, 0.15) is 21.5 Å². The van der Waals surface area contributed by atoms with Crippen LogP contribution < -0.4 is 16.6 Å². The molecular formula is C14H16N4O. The maximum absolute atomic E-state index is 12.0. The number of anilines is 2. The van der Waals surface area contributed by atoms with Crippen molar-refractivity contribution in [1.82, 2.24) is 4.98 Å². The van der Waals surface area contributed by atoms with Gasteiger partial charge in [-0.05, 0) is 49.2 Å². The smallest absolute Gasteiger partial charge is 0.257 e. The first-order chi connectivity index (χ1) is 9.08. The lowest BCUT2D eigenvalue weighted by Gasteiger charge is -2.08. The summed E-state index contributed by atoms with van der Waals surface area (Å²) in [6.45, 7) is 3.98. The van der Waals surface area contributed by atoms with Crippen molar-refractivity contribution < 1.29 is 4.79 Å². The lowest BCUT2D eigenvalue weighted by atomic mass is 10.1. The molecule has 1 aromatic carbocycles. The van der Waals surface area contributed by atoms with E-state index in [4.69, 9.17) is 5.84 Å². The quantitative estimate of drug-likeness (QED) is 0.581. The van der Waals surface area contributed by atoms with E-state index in [9.17, 15) is 4.79 Å². The van der Waals surface area contributed by atoms with Gasteiger partial charge in [0.1, 0.15) is 5.82 Å². The van der Waals surface area contributed by atoms with Crippen LogP contribution in [0.2, 0.25) is 0 Å². The molecule has 0 bridgehead atoms. The fourth-order valence-electron chi connectivity index (χ4n) is 1.86. The largest absolute Gasteiger partial charge is 0.322 e. The molecule has 0 aliphatic carbocycles. The first kappa shape index (κ1) is 13.0. The SMILES string of the molecule is Cc1cc(C)cc(NC(=O)c2ccc(NN)nc2)c1. The second-order valence-corrected chi connectivity index (χ2v) is 4.41. The molecule has 0 spiro atoms. The van der Waals surface area contributed by atoms with Gasteiger partial charge in [-0.25, -0.2) is 10.8 Å². The molecule has 5 heteroatoms. The van der Waals surface area contributed by atoms with Crippen LogP contribution in [-0.4, -0.2) is 10.9 Å². The monoisotopic (exact) mass is 256 g/mol. The van der Waals surface area contributed by atoms with Gasteiger partial charge in [0.05, 0.1) is 5.56 Å². The van der Waals surface area contributed by atoms with Crippen LogP contribution in [0.3, 0.4) is 0 Å². The molecule has 1 aromatic heterocycles. The van der Waals surface area contributed by atoms with Crippen LogP contribution in [0.5, 0.6) is 0 Å². The number of rotatable bonds is 3. The molecule has 0 radical (unpaired) electrons. The Bertz CT molecular complexity index is 573. The molecule has 0 aliphatic heterocycles. The number of hydrogen-bond donors (Lipinski definition) is 3. The van der Waals surface area contributed by atoms with Crippen LogP contribution in [0.15, 0.2) is 36.5 Å². The number of hydrogen-bond acceptors (Lipinski definition) is 4. The van der Waals surface area contributed by atoms with Crippen molar-refractivity contribution in [1.29, 1.82) is 0 Å². The Morgan fingerprint density at radius 2 is 1.84 bits per heavy atom. The summed E-state index contributed by atoms with van der Waals surface area (Å²) in [6.07, 6.45) is 1.48. The maximum Gasteiger partial charge on any atom is 0.257 e. The Kier molecular flexibility index (Phi) is 3.77. The lowest BCUT2D eigenvalue weighted by Crippen LogP contribution is -2.13. The van der Waals surface area contributed by atoms with Crippen molar-refractivity contribution >= 4 is 17.4 Å². The van der Waals surface area contributed by atoms with Gasteiger partial charge in [0.25, 0.3) is 5.91 Å². The number of aryl methyl sites for hydroxylation is 2. The summed E-state index contributed by atoms with van der Waals surface area (Å²) in [6, 6.07) is 9.22. The second-order valence-electron chi connectivity index (χ2n) is 4.41. The zero-order valence-corrected chi connectivity index (χ0v) is 10.9. The van der Waals surface area contributed by atoms with E-state index in [1.165, 1.54) is 6.20 Å². The van der Waals surface area contributed by atoms with Crippen molar-refractivity contribution in [2.24, 2.45) is 5.84 Å². The zero-order valence-electron chi connectivity index (χ0n) is 10.9. The molecule has 4 N–H and O–H groups in total. The lowest BCUT2D eigenvalue weighted by molar-refractivity contribution is 0.102. The van der Waals surface area contributed by atoms with Crippen molar-refractivity contribution in [2.45, 2.75) is 13.8 Å². The molecule has 2 aromatic rings. The maximum atomic E-state index is 12.0. The summed E-state index contributed by atoms with van der Waals surface area (Å²) < 4.78 is 0. The molecule has 0 fully saturated rings. The Balaban J connectivity index is 2.15. The van der Waals surface area contributed by atoms with Crippen LogP contribution in [0.4, 0.5) is 11.5 Å². The first-order valence-electron chi connectivity index (χ1n) is 5.91. The normalized spacial score (nSPS) is 10.1. The Labute approximate surface area is 111 Å². The third kappa shape index (κ3) is 3.29. The third-order valence-corrected chi connectivity index (χ3v) is 2.65. The van der Waals surface area contributed by atoms with E-state index in [1.54, 1.807) is 12.1 Å². The van der Waals surface area contributed by atoms with E-state index >= 15 is 0 Å². The average Bonchev–Trinajstić information content (AvgIpc) is 2.37. The number of pyridine rings is 1. The van der Waals surface area contributed by atoms with Gasteiger partial charge >= 0.3 is 0 Å². The number of nitrogens with two attached hydrogens (primary N) is 1. The summed E-state index contributed by atoms with van der Waals surface area (Å²) in [7, 11) is 0. The van der Waals surface area contributed by atoms with Gasteiger partial charge in [-0.2, -0.15) is 0 Å². The van der Waals surface area contributed by atoms with Gasteiger partial charge in [-0.15, -0.1) is 0 Å². The van der Waals surface area contributed by atoms with E-state index < -0.39 is 0 Å². The number of carbonyl (C=O) groups is 1. The molecular weight excluding hydrogens is 240 g/mol. The number of nitrogens with one attached hydrogen (secondary N) is 2. The molecule has 0 atom stereocenters. The van der Waals surface area contributed by atoms with Crippen LogP contribution in [0, 0.1) is 13.8 Å². The van der Waals surface area contributed by atoms with E-state index in [1.807, 2.05) is 26.0 Å². The Morgan fingerprint density at radius 1 is 1.16 bits per heavy atom. The number of hydrazine groups is 1. The predicted octanol–water partition coefficient (Wildman–Crippen LogP) is 2.24. The van der Waals surface area contributed by atoms with Crippen LogP contribution in [0.25, 0.3) is 0 Å². The standard InChI is InChI=1S/C14H16N4O/c1-9-5-10(2)7-12(6-9)17-14(19)11-3-4-13(18-15)16-8-11/h3-8H,15H2,1-2H3,(H,16,18)(H,17,19). The van der Waals surface area contributed by atoms with Gasteiger partial charge in [0, 0.05) is 11.9 Å². The number of nitrogens with zero attached hydrogens (tertiary/aromatic N) is 1. The predicted molar refractivity (Wildman–Crippen MR) is 75.9 cm³/mol. The third-order valence-electron chi connectivity index (χ3n) is 2.65. The van der Waals surface area contributed by atoms with Gasteiger partial charge in [0.15, 0.2) is 0 Å². The number of nitrogen functional groups attached to an aromatic ring is 1. The highest BCUT2D eigenvalue weighted by molar-refractivity contribution is 6.04. The number of amides is 1. The summed E-state index contributed by atoms with van der Waals surface area (Å²) in [5, 5.41) is 2.85. The second kappa shape index (κ2) is 5.49. The minimum atomic E-state index is -0.193. The van der Waals surface area contributed by atoms with E-state index in [0.29, 0.717) is 11.4 Å². The summed E-state index contributed by atoms with van der Waals surface area (Å²) in [5.41, 5.74) is 5.90.